The summed E-state index contributed by atoms with van der Waals surface area (Å²) in [4.78, 5) is 1.14. The molecule has 0 fully saturated rings. The van der Waals surface area contributed by atoms with Crippen molar-refractivity contribution in [2.75, 3.05) is 6.54 Å². The molecular weight excluding hydrogens is 305 g/mol. The van der Waals surface area contributed by atoms with Crippen LogP contribution in [0.2, 0.25) is 5.02 Å². The van der Waals surface area contributed by atoms with Gasteiger partial charge in [-0.2, -0.15) is 0 Å². The molecule has 1 N–H and O–H groups in total. The van der Waals surface area contributed by atoms with Crippen molar-refractivity contribution in [3.63, 3.8) is 0 Å². The van der Waals surface area contributed by atoms with Crippen molar-refractivity contribution in [2.24, 2.45) is 0 Å². The lowest BCUT2D eigenvalue weighted by molar-refractivity contribution is 0.617. The molecule has 0 radical (unpaired) electrons. The lowest BCUT2D eigenvalue weighted by Gasteiger charge is -2.07. The fraction of sp³-hybridized carbons (Fsp3) is 0.294. The van der Waals surface area contributed by atoms with Gasteiger partial charge in [-0.15, -0.1) is 11.8 Å². The zero-order chi connectivity index (χ0) is 15.1. The predicted molar refractivity (Wildman–Crippen MR) is 89.4 cm³/mol. The molecule has 112 valence electrons. The monoisotopic (exact) mass is 323 g/mol. The van der Waals surface area contributed by atoms with Crippen LogP contribution < -0.4 is 5.32 Å². The first-order valence-corrected chi connectivity index (χ1v) is 8.42. The van der Waals surface area contributed by atoms with Gasteiger partial charge in [0, 0.05) is 22.2 Å². The van der Waals surface area contributed by atoms with Crippen LogP contribution in [0.1, 0.15) is 24.5 Å². The highest BCUT2D eigenvalue weighted by Crippen LogP contribution is 2.26. The van der Waals surface area contributed by atoms with Gasteiger partial charge in [-0.3, -0.25) is 0 Å². The van der Waals surface area contributed by atoms with Crippen molar-refractivity contribution in [3.05, 3.63) is 64.4 Å². The Morgan fingerprint density at radius 2 is 2.05 bits per heavy atom. The van der Waals surface area contributed by atoms with E-state index in [1.165, 1.54) is 11.6 Å². The molecule has 0 atom stereocenters. The van der Waals surface area contributed by atoms with Crippen LogP contribution in [-0.4, -0.2) is 6.54 Å². The Hall–Kier alpha value is -1.03. The van der Waals surface area contributed by atoms with E-state index in [0.717, 1.165) is 24.4 Å². The normalized spacial score (nSPS) is 10.8. The molecule has 2 rings (SSSR count). The molecule has 0 unspecified atom stereocenters. The Kier molecular flexibility index (Phi) is 6.55. The first-order chi connectivity index (χ1) is 10.2. The van der Waals surface area contributed by atoms with E-state index in [9.17, 15) is 4.39 Å². The van der Waals surface area contributed by atoms with Crippen molar-refractivity contribution in [1.29, 1.82) is 0 Å². The molecule has 0 saturated heterocycles. The Bertz CT molecular complexity index is 589. The third-order valence-corrected chi connectivity index (χ3v) is 4.33. The van der Waals surface area contributed by atoms with Crippen LogP contribution in [0.5, 0.6) is 0 Å². The largest absolute Gasteiger partial charge is 0.313 e. The van der Waals surface area contributed by atoms with E-state index in [1.807, 2.05) is 6.07 Å². The number of hydrogen-bond donors (Lipinski definition) is 1. The molecule has 0 heterocycles. The van der Waals surface area contributed by atoms with Crippen molar-refractivity contribution in [2.45, 2.75) is 30.5 Å². The third kappa shape index (κ3) is 5.34. The van der Waals surface area contributed by atoms with Crippen molar-refractivity contribution in [3.8, 4) is 0 Å². The standard InChI is InChI=1S/C17H19ClFNS/c1-2-8-20-11-13-4-3-5-16(9-13)21-12-14-10-15(18)6-7-17(14)19/h3-7,9-10,20H,2,8,11-12H2,1H3. The summed E-state index contributed by atoms with van der Waals surface area (Å²) in [6.45, 7) is 4.04. The molecule has 21 heavy (non-hydrogen) atoms. The Balaban J connectivity index is 1.96. The quantitative estimate of drug-likeness (QED) is 0.550. The summed E-state index contributed by atoms with van der Waals surface area (Å²) in [7, 11) is 0. The van der Waals surface area contributed by atoms with Gasteiger partial charge >= 0.3 is 0 Å². The second-order valence-corrected chi connectivity index (χ2v) is 6.33. The van der Waals surface area contributed by atoms with Crippen LogP contribution in [0, 0.1) is 5.82 Å². The van der Waals surface area contributed by atoms with E-state index in [1.54, 1.807) is 23.9 Å². The van der Waals surface area contributed by atoms with E-state index in [2.05, 4.69) is 30.4 Å². The van der Waals surface area contributed by atoms with E-state index < -0.39 is 0 Å². The Morgan fingerprint density at radius 3 is 2.86 bits per heavy atom. The summed E-state index contributed by atoms with van der Waals surface area (Å²) in [6.07, 6.45) is 1.13. The van der Waals surface area contributed by atoms with Gasteiger partial charge in [0.05, 0.1) is 0 Å². The molecule has 1 nitrogen and oxygen atoms in total. The van der Waals surface area contributed by atoms with Crippen LogP contribution in [0.15, 0.2) is 47.4 Å². The maximum absolute atomic E-state index is 13.7. The van der Waals surface area contributed by atoms with Crippen LogP contribution in [-0.2, 0) is 12.3 Å². The predicted octanol–water partition coefficient (Wildman–Crippen LogP) is 5.27. The minimum absolute atomic E-state index is 0.201. The van der Waals surface area contributed by atoms with Crippen molar-refractivity contribution >= 4 is 23.4 Å². The van der Waals surface area contributed by atoms with Gasteiger partial charge in [-0.1, -0.05) is 30.7 Å². The van der Waals surface area contributed by atoms with E-state index in [-0.39, 0.29) is 5.82 Å². The second-order valence-electron chi connectivity index (χ2n) is 4.85. The van der Waals surface area contributed by atoms with E-state index in [4.69, 9.17) is 11.6 Å². The molecule has 2 aromatic carbocycles. The molecule has 0 aromatic heterocycles. The van der Waals surface area contributed by atoms with E-state index in [0.29, 0.717) is 16.3 Å². The number of hydrogen-bond acceptors (Lipinski definition) is 2. The summed E-state index contributed by atoms with van der Waals surface area (Å²) in [5.74, 6) is 0.380. The highest BCUT2D eigenvalue weighted by Gasteiger charge is 2.04. The molecule has 0 aliphatic heterocycles. The molecular formula is C17H19ClFNS. The number of rotatable bonds is 7. The maximum Gasteiger partial charge on any atom is 0.127 e. The molecule has 2 aromatic rings. The van der Waals surface area contributed by atoms with Crippen LogP contribution in [0.3, 0.4) is 0 Å². The van der Waals surface area contributed by atoms with E-state index >= 15 is 0 Å². The number of nitrogens with one attached hydrogen (secondary N) is 1. The third-order valence-electron chi connectivity index (χ3n) is 3.06. The first kappa shape index (κ1) is 16.3. The molecule has 0 aliphatic carbocycles. The zero-order valence-corrected chi connectivity index (χ0v) is 13.6. The van der Waals surface area contributed by atoms with Gasteiger partial charge < -0.3 is 5.32 Å². The number of halogens is 2. The molecule has 0 aliphatic rings. The smallest absolute Gasteiger partial charge is 0.127 e. The van der Waals surface area contributed by atoms with Gasteiger partial charge in [0.1, 0.15) is 5.82 Å². The van der Waals surface area contributed by atoms with Crippen LogP contribution in [0.25, 0.3) is 0 Å². The average molecular weight is 324 g/mol. The lowest BCUT2D eigenvalue weighted by atomic mass is 10.2. The summed E-state index contributed by atoms with van der Waals surface area (Å²) >= 11 is 7.53. The second kappa shape index (κ2) is 8.42. The van der Waals surface area contributed by atoms with Crippen molar-refractivity contribution in [1.82, 2.24) is 5.32 Å². The van der Waals surface area contributed by atoms with Gasteiger partial charge in [-0.25, -0.2) is 4.39 Å². The maximum atomic E-state index is 13.7. The minimum atomic E-state index is -0.201. The first-order valence-electron chi connectivity index (χ1n) is 7.05. The summed E-state index contributed by atoms with van der Waals surface area (Å²) in [6, 6.07) is 13.0. The number of benzene rings is 2. The van der Waals surface area contributed by atoms with Gasteiger partial charge in [0.2, 0.25) is 0 Å². The summed E-state index contributed by atoms with van der Waals surface area (Å²) in [5, 5.41) is 3.96. The summed E-state index contributed by atoms with van der Waals surface area (Å²) in [5.41, 5.74) is 1.89. The highest BCUT2D eigenvalue weighted by atomic mass is 35.5. The Labute approximate surface area is 134 Å². The lowest BCUT2D eigenvalue weighted by Crippen LogP contribution is -2.13. The molecule has 0 bridgehead atoms. The minimum Gasteiger partial charge on any atom is -0.313 e. The zero-order valence-electron chi connectivity index (χ0n) is 12.0. The SMILES string of the molecule is CCCNCc1cccc(SCc2cc(Cl)ccc2F)c1. The topological polar surface area (TPSA) is 12.0 Å². The molecule has 0 amide bonds. The summed E-state index contributed by atoms with van der Waals surface area (Å²) < 4.78 is 13.7. The Morgan fingerprint density at radius 1 is 1.19 bits per heavy atom. The highest BCUT2D eigenvalue weighted by molar-refractivity contribution is 7.98. The van der Waals surface area contributed by atoms with Gasteiger partial charge in [-0.05, 0) is 54.4 Å². The molecule has 4 heteroatoms. The molecule has 0 spiro atoms. The molecule has 0 saturated carbocycles. The fourth-order valence-corrected chi connectivity index (χ4v) is 3.12. The fourth-order valence-electron chi connectivity index (χ4n) is 1.97. The van der Waals surface area contributed by atoms with Crippen molar-refractivity contribution < 1.29 is 4.39 Å². The van der Waals surface area contributed by atoms with Crippen LogP contribution >= 0.6 is 23.4 Å². The van der Waals surface area contributed by atoms with Gasteiger partial charge in [0.25, 0.3) is 0 Å². The number of thioether (sulfide) groups is 1. The van der Waals surface area contributed by atoms with Crippen LogP contribution in [0.4, 0.5) is 4.39 Å². The average Bonchev–Trinajstić information content (AvgIpc) is 2.49. The van der Waals surface area contributed by atoms with Gasteiger partial charge in [0.15, 0.2) is 0 Å².